The van der Waals surface area contributed by atoms with Gasteiger partial charge >= 0.3 is 0 Å². The summed E-state index contributed by atoms with van der Waals surface area (Å²) in [6.07, 6.45) is 3.67. The molecule has 2 unspecified atom stereocenters. The Morgan fingerprint density at radius 3 is 2.67 bits per heavy atom. The largest absolute Gasteiger partial charge is 0.355 e. The summed E-state index contributed by atoms with van der Waals surface area (Å²) < 4.78 is 10.2. The van der Waals surface area contributed by atoms with Crippen LogP contribution in [0.25, 0.3) is 0 Å². The quantitative estimate of drug-likeness (QED) is 0.616. The molecule has 2 N–H and O–H groups in total. The topological polar surface area (TPSA) is 42.5 Å². The summed E-state index contributed by atoms with van der Waals surface area (Å²) in [6.45, 7) is 4.14. The fraction of sp³-hybridized carbons (Fsp3) is 1.00. The van der Waals surface area contributed by atoms with E-state index in [4.69, 9.17) is 9.47 Å². The minimum Gasteiger partial charge on any atom is -0.355 e. The fourth-order valence-electron chi connectivity index (χ4n) is 2.03. The van der Waals surface area contributed by atoms with Gasteiger partial charge < -0.3 is 20.1 Å². The van der Waals surface area contributed by atoms with Crippen LogP contribution in [0.3, 0.4) is 0 Å². The maximum absolute atomic E-state index is 5.12. The van der Waals surface area contributed by atoms with Crippen molar-refractivity contribution in [3.63, 3.8) is 0 Å². The Hall–Kier alpha value is -0.160. The fourth-order valence-corrected chi connectivity index (χ4v) is 2.03. The zero-order valence-corrected chi connectivity index (χ0v) is 10.1. The van der Waals surface area contributed by atoms with E-state index in [2.05, 4.69) is 17.6 Å². The number of nitrogens with one attached hydrogen (secondary N) is 2. The van der Waals surface area contributed by atoms with Crippen molar-refractivity contribution in [2.24, 2.45) is 0 Å². The molecule has 2 atom stereocenters. The van der Waals surface area contributed by atoms with Gasteiger partial charge in [0.1, 0.15) is 0 Å². The van der Waals surface area contributed by atoms with Gasteiger partial charge in [0.2, 0.25) is 0 Å². The van der Waals surface area contributed by atoms with Crippen LogP contribution in [0, 0.1) is 0 Å². The van der Waals surface area contributed by atoms with Gasteiger partial charge in [-0.2, -0.15) is 0 Å². The molecule has 1 rings (SSSR count). The Kier molecular flexibility index (Phi) is 6.17. The second-order valence-electron chi connectivity index (χ2n) is 4.24. The van der Waals surface area contributed by atoms with Gasteiger partial charge in [-0.1, -0.05) is 0 Å². The van der Waals surface area contributed by atoms with Gasteiger partial charge in [0.05, 0.1) is 0 Å². The Morgan fingerprint density at radius 1 is 1.40 bits per heavy atom. The molecule has 0 amide bonds. The van der Waals surface area contributed by atoms with Gasteiger partial charge in [0, 0.05) is 32.8 Å². The maximum Gasteiger partial charge on any atom is 0.169 e. The lowest BCUT2D eigenvalue weighted by atomic mass is 10.1. The molecule has 15 heavy (non-hydrogen) atoms. The van der Waals surface area contributed by atoms with E-state index >= 15 is 0 Å². The van der Waals surface area contributed by atoms with E-state index in [1.54, 1.807) is 14.2 Å². The molecule has 0 aromatic rings. The highest BCUT2D eigenvalue weighted by Gasteiger charge is 2.17. The van der Waals surface area contributed by atoms with Crippen molar-refractivity contribution in [1.82, 2.24) is 10.6 Å². The second-order valence-corrected chi connectivity index (χ2v) is 4.24. The molecular formula is C11H24N2O2. The van der Waals surface area contributed by atoms with Gasteiger partial charge in [-0.25, -0.2) is 0 Å². The molecule has 90 valence electrons. The van der Waals surface area contributed by atoms with Crippen molar-refractivity contribution in [3.05, 3.63) is 0 Å². The molecule has 0 aliphatic carbocycles. The van der Waals surface area contributed by atoms with Gasteiger partial charge in [-0.05, 0) is 32.7 Å². The average Bonchev–Trinajstić information content (AvgIpc) is 2.72. The summed E-state index contributed by atoms with van der Waals surface area (Å²) in [5.74, 6) is 0. The summed E-state index contributed by atoms with van der Waals surface area (Å²) in [7, 11) is 3.33. The van der Waals surface area contributed by atoms with Crippen LogP contribution in [-0.4, -0.2) is 45.7 Å². The first kappa shape index (κ1) is 12.9. The molecule has 1 heterocycles. The zero-order valence-electron chi connectivity index (χ0n) is 10.1. The predicted octanol–water partition coefficient (Wildman–Crippen LogP) is 0.726. The predicted molar refractivity (Wildman–Crippen MR) is 60.9 cm³/mol. The third kappa shape index (κ3) is 4.93. The molecule has 1 aliphatic rings. The third-order valence-electron chi connectivity index (χ3n) is 2.96. The normalized spacial score (nSPS) is 23.6. The molecule has 1 saturated heterocycles. The van der Waals surface area contributed by atoms with Crippen LogP contribution < -0.4 is 10.6 Å². The van der Waals surface area contributed by atoms with Crippen LogP contribution >= 0.6 is 0 Å². The highest BCUT2D eigenvalue weighted by atomic mass is 16.7. The van der Waals surface area contributed by atoms with Crippen molar-refractivity contribution in [2.75, 3.05) is 27.3 Å². The highest BCUT2D eigenvalue weighted by Crippen LogP contribution is 2.10. The summed E-state index contributed by atoms with van der Waals surface area (Å²) in [5, 5.41) is 6.92. The van der Waals surface area contributed by atoms with E-state index < -0.39 is 0 Å². The monoisotopic (exact) mass is 216 g/mol. The van der Waals surface area contributed by atoms with Crippen LogP contribution in [0.2, 0.25) is 0 Å². The summed E-state index contributed by atoms with van der Waals surface area (Å²) in [5.41, 5.74) is 0. The second kappa shape index (κ2) is 7.17. The first-order valence-electron chi connectivity index (χ1n) is 5.78. The number of ether oxygens (including phenoxy) is 2. The number of hydrogen-bond donors (Lipinski definition) is 2. The minimum absolute atomic E-state index is 0.135. The highest BCUT2D eigenvalue weighted by molar-refractivity contribution is 4.78. The third-order valence-corrected chi connectivity index (χ3v) is 2.96. The van der Waals surface area contributed by atoms with Crippen LogP contribution in [0.4, 0.5) is 0 Å². The molecule has 0 aromatic heterocycles. The van der Waals surface area contributed by atoms with Crippen molar-refractivity contribution >= 4 is 0 Å². The van der Waals surface area contributed by atoms with Crippen LogP contribution in [0.5, 0.6) is 0 Å². The van der Waals surface area contributed by atoms with Crippen LogP contribution in [0.15, 0.2) is 0 Å². The summed E-state index contributed by atoms with van der Waals surface area (Å²) in [4.78, 5) is 0. The van der Waals surface area contributed by atoms with Gasteiger partial charge in [-0.3, -0.25) is 0 Å². The lowest BCUT2D eigenvalue weighted by molar-refractivity contribution is -0.0998. The molecule has 0 radical (unpaired) electrons. The standard InChI is InChI=1S/C11H24N2O2/c1-9(7-10-5-4-6-12-10)13-8-11(14-2)15-3/h9-13H,4-8H2,1-3H3. The first-order valence-corrected chi connectivity index (χ1v) is 5.78. The molecule has 0 spiro atoms. The lowest BCUT2D eigenvalue weighted by Gasteiger charge is -2.21. The van der Waals surface area contributed by atoms with Gasteiger partial charge in [-0.15, -0.1) is 0 Å². The molecule has 1 aliphatic heterocycles. The maximum atomic E-state index is 5.12. The molecule has 4 nitrogen and oxygen atoms in total. The number of methoxy groups -OCH3 is 2. The molecule has 0 aromatic carbocycles. The number of rotatable bonds is 7. The van der Waals surface area contributed by atoms with Crippen molar-refractivity contribution in [3.8, 4) is 0 Å². The van der Waals surface area contributed by atoms with E-state index in [9.17, 15) is 0 Å². The van der Waals surface area contributed by atoms with E-state index in [0.29, 0.717) is 12.1 Å². The van der Waals surface area contributed by atoms with Crippen LogP contribution in [0.1, 0.15) is 26.2 Å². The van der Waals surface area contributed by atoms with E-state index in [0.717, 1.165) is 6.54 Å². The Labute approximate surface area is 92.7 Å². The van der Waals surface area contributed by atoms with Gasteiger partial charge in [0.15, 0.2) is 6.29 Å². The molecule has 0 saturated carbocycles. The minimum atomic E-state index is -0.135. The molecule has 1 fully saturated rings. The van der Waals surface area contributed by atoms with E-state index in [1.807, 2.05) is 0 Å². The molecule has 4 heteroatoms. The summed E-state index contributed by atoms with van der Waals surface area (Å²) >= 11 is 0. The van der Waals surface area contributed by atoms with Crippen molar-refractivity contribution in [2.45, 2.75) is 44.6 Å². The zero-order chi connectivity index (χ0) is 11.1. The van der Waals surface area contributed by atoms with Gasteiger partial charge in [0.25, 0.3) is 0 Å². The molecular weight excluding hydrogens is 192 g/mol. The average molecular weight is 216 g/mol. The Balaban J connectivity index is 2.09. The Bertz CT molecular complexity index is 157. The Morgan fingerprint density at radius 2 is 2.13 bits per heavy atom. The smallest absolute Gasteiger partial charge is 0.169 e. The van der Waals surface area contributed by atoms with E-state index in [1.165, 1.54) is 25.8 Å². The van der Waals surface area contributed by atoms with Crippen molar-refractivity contribution < 1.29 is 9.47 Å². The van der Waals surface area contributed by atoms with Crippen LogP contribution in [-0.2, 0) is 9.47 Å². The SMILES string of the molecule is COC(CNC(C)CC1CCCN1)OC. The summed E-state index contributed by atoms with van der Waals surface area (Å²) in [6, 6.07) is 1.20. The molecule has 0 bridgehead atoms. The first-order chi connectivity index (χ1) is 7.26. The lowest BCUT2D eigenvalue weighted by Crippen LogP contribution is -2.39. The van der Waals surface area contributed by atoms with Crippen molar-refractivity contribution in [1.29, 1.82) is 0 Å². The number of hydrogen-bond acceptors (Lipinski definition) is 4. The van der Waals surface area contributed by atoms with E-state index in [-0.39, 0.29) is 6.29 Å².